The summed E-state index contributed by atoms with van der Waals surface area (Å²) in [6, 6.07) is 8.67. The van der Waals surface area contributed by atoms with Crippen molar-refractivity contribution < 1.29 is 13.5 Å². The van der Waals surface area contributed by atoms with E-state index in [2.05, 4.69) is 31.9 Å². The molecule has 0 aliphatic carbocycles. The van der Waals surface area contributed by atoms with Crippen LogP contribution in [0.5, 0.6) is 5.75 Å². The van der Waals surface area contributed by atoms with Crippen molar-refractivity contribution in [3.05, 3.63) is 58.8 Å². The van der Waals surface area contributed by atoms with Crippen LogP contribution < -0.4 is 15.4 Å². The van der Waals surface area contributed by atoms with Crippen LogP contribution in [-0.4, -0.2) is 28.3 Å². The molecule has 3 rings (SSSR count). The Balaban J connectivity index is 0.00000300. The zero-order valence-corrected chi connectivity index (χ0v) is 16.5. The quantitative estimate of drug-likeness (QED) is 0.495. The third-order valence-corrected chi connectivity index (χ3v) is 3.79. The summed E-state index contributed by atoms with van der Waals surface area (Å²) < 4.78 is 31.7. The van der Waals surface area contributed by atoms with Gasteiger partial charge in [0.2, 0.25) is 0 Å². The normalized spacial score (nSPS) is 10.0. The lowest BCUT2D eigenvalue weighted by molar-refractivity contribution is 0.328. The van der Waals surface area contributed by atoms with Crippen molar-refractivity contribution in [2.24, 2.45) is 0 Å². The van der Waals surface area contributed by atoms with E-state index >= 15 is 0 Å². The molecule has 0 saturated heterocycles. The summed E-state index contributed by atoms with van der Waals surface area (Å²) in [6.07, 6.45) is 0. The van der Waals surface area contributed by atoms with Gasteiger partial charge in [-0.25, -0.2) is 13.8 Å². The maximum atomic E-state index is 13.2. The Morgan fingerprint density at radius 2 is 1.83 bits per heavy atom. The lowest BCUT2D eigenvalue weighted by Gasteiger charge is -2.13. The van der Waals surface area contributed by atoms with Gasteiger partial charge in [0.05, 0.1) is 12.1 Å². The van der Waals surface area contributed by atoms with Crippen LogP contribution in [0.25, 0.3) is 0 Å². The molecule has 0 amide bonds. The molecule has 0 aliphatic rings. The van der Waals surface area contributed by atoms with E-state index in [-0.39, 0.29) is 31.3 Å². The van der Waals surface area contributed by atoms with Gasteiger partial charge in [-0.1, -0.05) is 0 Å². The number of aryl methyl sites for hydroxylation is 2. The molecule has 2 aromatic heterocycles. The molecule has 152 valence electrons. The third-order valence-electron chi connectivity index (χ3n) is 3.79. The summed E-state index contributed by atoms with van der Waals surface area (Å²) in [6.45, 7) is 4.10. The van der Waals surface area contributed by atoms with Crippen LogP contribution in [0.1, 0.15) is 16.8 Å². The number of aromatic amines is 1. The van der Waals surface area contributed by atoms with E-state index < -0.39 is 11.6 Å². The molecule has 0 bridgehead atoms. The Bertz CT molecular complexity index is 1010. The van der Waals surface area contributed by atoms with E-state index in [1.54, 1.807) is 13.0 Å². The second kappa shape index (κ2) is 9.71. The lowest BCUT2D eigenvalue weighted by Crippen LogP contribution is -2.14. The van der Waals surface area contributed by atoms with Crippen molar-refractivity contribution in [3.8, 4) is 11.8 Å². The second-order valence-electron chi connectivity index (χ2n) is 6.10. The zero-order valence-electron chi connectivity index (χ0n) is 15.7. The van der Waals surface area contributed by atoms with Gasteiger partial charge in [-0.15, -0.1) is 12.4 Å². The van der Waals surface area contributed by atoms with Crippen molar-refractivity contribution in [2.75, 3.05) is 23.8 Å². The van der Waals surface area contributed by atoms with Crippen LogP contribution in [0.15, 0.2) is 30.3 Å². The van der Waals surface area contributed by atoms with Crippen LogP contribution in [-0.2, 0) is 0 Å². The molecule has 0 atom stereocenters. The fraction of sp³-hybridized carbons (Fsp3) is 0.211. The van der Waals surface area contributed by atoms with Crippen LogP contribution in [0, 0.1) is 36.8 Å². The Morgan fingerprint density at radius 3 is 2.45 bits per heavy atom. The minimum Gasteiger partial charge on any atom is -0.492 e. The SMILES string of the molecule is Cc1cc(Nc2cc(C)c(C#N)c(NCCOc3cc(F)cc(F)c3)n2)n[nH]1.Cl. The predicted octanol–water partition coefficient (Wildman–Crippen LogP) is 4.23. The number of pyridine rings is 1. The van der Waals surface area contributed by atoms with E-state index in [1.165, 1.54) is 0 Å². The van der Waals surface area contributed by atoms with Gasteiger partial charge in [-0.2, -0.15) is 10.4 Å². The van der Waals surface area contributed by atoms with Crippen molar-refractivity contribution in [2.45, 2.75) is 13.8 Å². The number of hydrogen-bond donors (Lipinski definition) is 3. The Hall–Kier alpha value is -3.38. The van der Waals surface area contributed by atoms with Gasteiger partial charge >= 0.3 is 0 Å². The highest BCUT2D eigenvalue weighted by molar-refractivity contribution is 5.85. The summed E-state index contributed by atoms with van der Waals surface area (Å²) in [4.78, 5) is 4.41. The van der Waals surface area contributed by atoms with Gasteiger partial charge in [-0.3, -0.25) is 5.10 Å². The standard InChI is InChI=1S/C19H18F2N6O.ClH/c1-11-5-17(24-18-6-12(2)26-27-18)25-19(16(11)10-22)23-3-4-28-15-8-13(20)7-14(21)9-15;/h5-9H,3-4H2,1-2H3,(H3,23,24,25,26,27);1H. The number of anilines is 3. The maximum absolute atomic E-state index is 13.2. The highest BCUT2D eigenvalue weighted by Crippen LogP contribution is 2.23. The van der Waals surface area contributed by atoms with E-state index in [0.29, 0.717) is 23.0 Å². The molecule has 1 aromatic carbocycles. The van der Waals surface area contributed by atoms with Crippen LogP contribution in [0.2, 0.25) is 0 Å². The molecule has 0 unspecified atom stereocenters. The average molecular weight is 421 g/mol. The number of rotatable bonds is 7. The molecule has 3 aromatic rings. The monoisotopic (exact) mass is 420 g/mol. The van der Waals surface area contributed by atoms with Gasteiger partial charge in [0.1, 0.15) is 41.7 Å². The molecule has 2 heterocycles. The van der Waals surface area contributed by atoms with Gasteiger partial charge in [0, 0.05) is 30.0 Å². The molecular weight excluding hydrogens is 402 g/mol. The first-order chi connectivity index (χ1) is 13.4. The molecule has 0 spiro atoms. The van der Waals surface area contributed by atoms with E-state index in [9.17, 15) is 14.0 Å². The Kier molecular flexibility index (Phi) is 7.33. The highest BCUT2D eigenvalue weighted by atomic mass is 35.5. The van der Waals surface area contributed by atoms with Gasteiger partial charge in [0.25, 0.3) is 0 Å². The summed E-state index contributed by atoms with van der Waals surface area (Å²) in [5, 5.41) is 22.4. The van der Waals surface area contributed by atoms with Crippen molar-refractivity contribution in [1.29, 1.82) is 5.26 Å². The number of nitrogens with zero attached hydrogens (tertiary/aromatic N) is 3. The number of nitrogens with one attached hydrogen (secondary N) is 3. The minimum atomic E-state index is -0.709. The van der Waals surface area contributed by atoms with Gasteiger partial charge in [0.15, 0.2) is 5.82 Å². The first-order valence-electron chi connectivity index (χ1n) is 8.48. The number of benzene rings is 1. The number of aromatic nitrogens is 3. The van der Waals surface area contributed by atoms with Crippen LogP contribution in [0.3, 0.4) is 0 Å². The smallest absolute Gasteiger partial charge is 0.153 e. The van der Waals surface area contributed by atoms with E-state index in [0.717, 1.165) is 29.5 Å². The van der Waals surface area contributed by atoms with Crippen LogP contribution >= 0.6 is 12.4 Å². The molecular formula is C19H19ClF2N6O. The first-order valence-corrected chi connectivity index (χ1v) is 8.48. The molecule has 7 nitrogen and oxygen atoms in total. The Morgan fingerprint density at radius 1 is 1.10 bits per heavy atom. The minimum absolute atomic E-state index is 0. The molecule has 3 N–H and O–H groups in total. The first kappa shape index (κ1) is 21.9. The Labute approximate surface area is 172 Å². The van der Waals surface area contributed by atoms with E-state index in [1.807, 2.05) is 13.0 Å². The molecule has 10 heteroatoms. The van der Waals surface area contributed by atoms with Crippen molar-refractivity contribution >= 4 is 29.9 Å². The number of halogens is 3. The predicted molar refractivity (Wildman–Crippen MR) is 108 cm³/mol. The zero-order chi connectivity index (χ0) is 20.1. The summed E-state index contributed by atoms with van der Waals surface area (Å²) in [5.41, 5.74) is 2.04. The number of ether oxygens (including phenoxy) is 1. The molecule has 0 radical (unpaired) electrons. The number of H-pyrrole nitrogens is 1. The third kappa shape index (κ3) is 5.80. The molecule has 0 saturated carbocycles. The fourth-order valence-electron chi connectivity index (χ4n) is 2.57. The molecule has 29 heavy (non-hydrogen) atoms. The largest absolute Gasteiger partial charge is 0.492 e. The molecule has 0 fully saturated rings. The average Bonchev–Trinajstić information content (AvgIpc) is 3.02. The van der Waals surface area contributed by atoms with Crippen LogP contribution in [0.4, 0.5) is 26.2 Å². The number of hydrogen-bond acceptors (Lipinski definition) is 6. The summed E-state index contributed by atoms with van der Waals surface area (Å²) >= 11 is 0. The topological polar surface area (TPSA) is 98.7 Å². The van der Waals surface area contributed by atoms with E-state index in [4.69, 9.17) is 4.74 Å². The molecule has 0 aliphatic heterocycles. The van der Waals surface area contributed by atoms with Crippen molar-refractivity contribution in [3.63, 3.8) is 0 Å². The second-order valence-corrected chi connectivity index (χ2v) is 6.10. The van der Waals surface area contributed by atoms with Gasteiger partial charge < -0.3 is 15.4 Å². The number of nitriles is 1. The summed E-state index contributed by atoms with van der Waals surface area (Å²) in [5.74, 6) is 0.188. The maximum Gasteiger partial charge on any atom is 0.153 e. The fourth-order valence-corrected chi connectivity index (χ4v) is 2.57. The summed E-state index contributed by atoms with van der Waals surface area (Å²) in [7, 11) is 0. The van der Waals surface area contributed by atoms with Crippen molar-refractivity contribution in [1.82, 2.24) is 15.2 Å². The van der Waals surface area contributed by atoms with Gasteiger partial charge in [-0.05, 0) is 25.5 Å². The lowest BCUT2D eigenvalue weighted by atomic mass is 10.1. The highest BCUT2D eigenvalue weighted by Gasteiger charge is 2.11.